The van der Waals surface area contributed by atoms with Crippen LogP contribution in [-0.2, 0) is 0 Å². The third-order valence-corrected chi connectivity index (χ3v) is 4.09. The molecule has 0 aliphatic carbocycles. The monoisotopic (exact) mass is 372 g/mol. The van der Waals surface area contributed by atoms with Crippen LogP contribution in [0.3, 0.4) is 0 Å². The zero-order chi connectivity index (χ0) is 19.9. The van der Waals surface area contributed by atoms with Gasteiger partial charge in [-0.1, -0.05) is 30.3 Å². The first-order chi connectivity index (χ1) is 13.5. The molecule has 0 heterocycles. The SMILES string of the molecule is CC(=NNC(=O)c1ccc(NC(=O)c2ccccc2)cc1)c1ccc(N)cc1. The van der Waals surface area contributed by atoms with Gasteiger partial charge in [0, 0.05) is 22.5 Å². The summed E-state index contributed by atoms with van der Waals surface area (Å²) in [5.41, 5.74) is 12.0. The van der Waals surface area contributed by atoms with E-state index < -0.39 is 0 Å². The Kier molecular flexibility index (Phi) is 5.81. The number of nitrogen functional groups attached to an aromatic ring is 1. The second-order valence-corrected chi connectivity index (χ2v) is 6.16. The fourth-order valence-corrected chi connectivity index (χ4v) is 2.49. The number of amides is 2. The van der Waals surface area contributed by atoms with Gasteiger partial charge in [0.25, 0.3) is 11.8 Å². The molecule has 0 saturated heterocycles. The second kappa shape index (κ2) is 8.64. The maximum Gasteiger partial charge on any atom is 0.271 e. The Hall–Kier alpha value is -3.93. The van der Waals surface area contributed by atoms with Gasteiger partial charge in [0.15, 0.2) is 0 Å². The number of hydrogen-bond acceptors (Lipinski definition) is 4. The van der Waals surface area contributed by atoms with Gasteiger partial charge < -0.3 is 11.1 Å². The van der Waals surface area contributed by atoms with Crippen molar-refractivity contribution in [3.05, 3.63) is 95.6 Å². The summed E-state index contributed by atoms with van der Waals surface area (Å²) in [7, 11) is 0. The normalized spacial score (nSPS) is 11.0. The number of hydrazone groups is 1. The van der Waals surface area contributed by atoms with Crippen LogP contribution in [0.1, 0.15) is 33.2 Å². The summed E-state index contributed by atoms with van der Waals surface area (Å²) in [5.74, 6) is -0.544. The molecule has 140 valence electrons. The standard InChI is InChI=1S/C22H20N4O2/c1-15(16-7-11-19(23)12-8-16)25-26-22(28)18-9-13-20(14-10-18)24-21(27)17-5-3-2-4-6-17/h2-14H,23H2,1H3,(H,24,27)(H,26,28). The van der Waals surface area contributed by atoms with E-state index in [2.05, 4.69) is 15.8 Å². The van der Waals surface area contributed by atoms with Crippen molar-refractivity contribution < 1.29 is 9.59 Å². The van der Waals surface area contributed by atoms with Gasteiger partial charge in [-0.15, -0.1) is 0 Å². The maximum atomic E-state index is 12.3. The lowest BCUT2D eigenvalue weighted by Crippen LogP contribution is -2.19. The van der Waals surface area contributed by atoms with E-state index >= 15 is 0 Å². The Morgan fingerprint density at radius 1 is 0.750 bits per heavy atom. The van der Waals surface area contributed by atoms with E-state index in [0.29, 0.717) is 28.2 Å². The van der Waals surface area contributed by atoms with Gasteiger partial charge >= 0.3 is 0 Å². The van der Waals surface area contributed by atoms with Crippen molar-refractivity contribution in [1.82, 2.24) is 5.43 Å². The number of anilines is 2. The molecule has 3 aromatic carbocycles. The highest BCUT2D eigenvalue weighted by Crippen LogP contribution is 2.12. The van der Waals surface area contributed by atoms with Crippen molar-refractivity contribution in [2.45, 2.75) is 6.92 Å². The average Bonchev–Trinajstić information content (AvgIpc) is 2.73. The molecular weight excluding hydrogens is 352 g/mol. The summed E-state index contributed by atoms with van der Waals surface area (Å²) in [6.45, 7) is 1.80. The summed E-state index contributed by atoms with van der Waals surface area (Å²) in [4.78, 5) is 24.4. The topological polar surface area (TPSA) is 96.6 Å². The number of carbonyl (C=O) groups is 2. The van der Waals surface area contributed by atoms with Crippen LogP contribution in [0.5, 0.6) is 0 Å². The summed E-state index contributed by atoms with van der Waals surface area (Å²) in [6, 6.07) is 22.8. The zero-order valence-electron chi connectivity index (χ0n) is 15.3. The Balaban J connectivity index is 1.61. The summed E-state index contributed by atoms with van der Waals surface area (Å²) < 4.78 is 0. The third kappa shape index (κ3) is 4.82. The highest BCUT2D eigenvalue weighted by atomic mass is 16.2. The minimum Gasteiger partial charge on any atom is -0.399 e. The lowest BCUT2D eigenvalue weighted by atomic mass is 10.1. The van der Waals surface area contributed by atoms with Gasteiger partial charge in [0.1, 0.15) is 0 Å². The van der Waals surface area contributed by atoms with Crippen LogP contribution in [0.15, 0.2) is 84.0 Å². The zero-order valence-corrected chi connectivity index (χ0v) is 15.3. The van der Waals surface area contributed by atoms with Crippen molar-refractivity contribution in [3.63, 3.8) is 0 Å². The number of nitrogens with one attached hydrogen (secondary N) is 2. The quantitative estimate of drug-likeness (QED) is 0.362. The molecule has 0 fully saturated rings. The largest absolute Gasteiger partial charge is 0.399 e. The van der Waals surface area contributed by atoms with Gasteiger partial charge in [0.2, 0.25) is 0 Å². The highest BCUT2D eigenvalue weighted by molar-refractivity contribution is 6.04. The highest BCUT2D eigenvalue weighted by Gasteiger charge is 2.08. The predicted octanol–water partition coefficient (Wildman–Crippen LogP) is 3.68. The van der Waals surface area contributed by atoms with E-state index in [1.54, 1.807) is 67.6 Å². The molecule has 6 nitrogen and oxygen atoms in total. The third-order valence-electron chi connectivity index (χ3n) is 4.09. The number of rotatable bonds is 5. The van der Waals surface area contributed by atoms with Crippen molar-refractivity contribution in [2.24, 2.45) is 5.10 Å². The van der Waals surface area contributed by atoms with E-state index in [4.69, 9.17) is 5.73 Å². The van der Waals surface area contributed by atoms with Crippen molar-refractivity contribution >= 4 is 28.9 Å². The first kappa shape index (κ1) is 18.8. The number of nitrogens with zero attached hydrogens (tertiary/aromatic N) is 1. The summed E-state index contributed by atoms with van der Waals surface area (Å²) in [6.07, 6.45) is 0. The molecule has 0 saturated carbocycles. The molecule has 2 amide bonds. The minimum atomic E-state index is -0.337. The molecular formula is C22H20N4O2. The average molecular weight is 372 g/mol. The lowest BCUT2D eigenvalue weighted by Gasteiger charge is -2.07. The van der Waals surface area contributed by atoms with Gasteiger partial charge in [-0.05, 0) is 61.0 Å². The molecule has 0 radical (unpaired) electrons. The second-order valence-electron chi connectivity index (χ2n) is 6.16. The molecule has 4 N–H and O–H groups in total. The molecule has 0 bridgehead atoms. The van der Waals surface area contributed by atoms with Crippen LogP contribution in [0.4, 0.5) is 11.4 Å². The Morgan fingerprint density at radius 3 is 1.96 bits per heavy atom. The molecule has 6 heteroatoms. The summed E-state index contributed by atoms with van der Waals surface area (Å²) >= 11 is 0. The minimum absolute atomic E-state index is 0.207. The van der Waals surface area contributed by atoms with Crippen molar-refractivity contribution in [1.29, 1.82) is 0 Å². The number of nitrogens with two attached hydrogens (primary N) is 1. The number of carbonyl (C=O) groups excluding carboxylic acids is 2. The molecule has 0 unspecified atom stereocenters. The van der Waals surface area contributed by atoms with Gasteiger partial charge in [-0.3, -0.25) is 9.59 Å². The Labute approximate surface area is 163 Å². The van der Waals surface area contributed by atoms with Crippen LogP contribution in [0.2, 0.25) is 0 Å². The van der Waals surface area contributed by atoms with Crippen molar-refractivity contribution in [3.8, 4) is 0 Å². The Bertz CT molecular complexity index is 995. The number of benzene rings is 3. The van der Waals surface area contributed by atoms with Crippen LogP contribution in [0.25, 0.3) is 0 Å². The van der Waals surface area contributed by atoms with E-state index in [-0.39, 0.29) is 11.8 Å². The fourth-order valence-electron chi connectivity index (χ4n) is 2.49. The molecule has 0 atom stereocenters. The first-order valence-corrected chi connectivity index (χ1v) is 8.70. The molecule has 0 aliphatic rings. The fraction of sp³-hybridized carbons (Fsp3) is 0.0455. The van der Waals surface area contributed by atoms with Gasteiger partial charge in [-0.25, -0.2) is 5.43 Å². The van der Waals surface area contributed by atoms with Crippen LogP contribution in [0, 0.1) is 0 Å². The van der Waals surface area contributed by atoms with Crippen molar-refractivity contribution in [2.75, 3.05) is 11.1 Å². The maximum absolute atomic E-state index is 12.3. The Morgan fingerprint density at radius 2 is 1.32 bits per heavy atom. The number of hydrogen-bond donors (Lipinski definition) is 3. The van der Waals surface area contributed by atoms with E-state index in [1.807, 2.05) is 18.2 Å². The van der Waals surface area contributed by atoms with Crippen LogP contribution >= 0.6 is 0 Å². The molecule has 0 aliphatic heterocycles. The molecule has 0 spiro atoms. The van der Waals surface area contributed by atoms with E-state index in [1.165, 1.54) is 0 Å². The molecule has 3 rings (SSSR count). The molecule has 28 heavy (non-hydrogen) atoms. The molecule has 0 aromatic heterocycles. The van der Waals surface area contributed by atoms with E-state index in [9.17, 15) is 9.59 Å². The van der Waals surface area contributed by atoms with E-state index in [0.717, 1.165) is 5.56 Å². The van der Waals surface area contributed by atoms with Gasteiger partial charge in [0.05, 0.1) is 5.71 Å². The smallest absolute Gasteiger partial charge is 0.271 e. The van der Waals surface area contributed by atoms with Crippen LogP contribution < -0.4 is 16.5 Å². The predicted molar refractivity (Wildman–Crippen MR) is 111 cm³/mol. The van der Waals surface area contributed by atoms with Crippen LogP contribution in [-0.4, -0.2) is 17.5 Å². The lowest BCUT2D eigenvalue weighted by molar-refractivity contribution is 0.0954. The summed E-state index contributed by atoms with van der Waals surface area (Å²) in [5, 5.41) is 6.91. The first-order valence-electron chi connectivity index (χ1n) is 8.70. The molecule has 3 aromatic rings. The van der Waals surface area contributed by atoms with Gasteiger partial charge in [-0.2, -0.15) is 5.10 Å².